The number of hydrogen-bond acceptors (Lipinski definition) is 7. The minimum absolute atomic E-state index is 0.0371. The van der Waals surface area contributed by atoms with Gasteiger partial charge in [-0.15, -0.1) is 11.3 Å². The largest absolute Gasteiger partial charge is 0.339 e. The Labute approximate surface area is 182 Å². The summed E-state index contributed by atoms with van der Waals surface area (Å²) in [7, 11) is -1.03. The number of piperazine rings is 1. The van der Waals surface area contributed by atoms with E-state index >= 15 is 0 Å². The number of carbonyl (C=O) groups is 1. The highest BCUT2D eigenvalue weighted by atomic mass is 32.2. The lowest BCUT2D eigenvalue weighted by atomic mass is 10.1. The van der Waals surface area contributed by atoms with Crippen molar-refractivity contribution in [3.8, 4) is 10.7 Å². The van der Waals surface area contributed by atoms with E-state index < -0.39 is 10.8 Å². The fraction of sp³-hybridized carbons (Fsp3) is 0.381. The van der Waals surface area contributed by atoms with Crippen LogP contribution < -0.4 is 0 Å². The SMILES string of the molecule is CS(=O)c1ccc(C(=O)N2CCN(CCCc3nc(-c4cccs4)no3)CC2)cc1. The van der Waals surface area contributed by atoms with E-state index in [0.29, 0.717) is 30.4 Å². The van der Waals surface area contributed by atoms with Gasteiger partial charge in [0.25, 0.3) is 5.91 Å². The zero-order valence-electron chi connectivity index (χ0n) is 16.8. The van der Waals surface area contributed by atoms with Gasteiger partial charge >= 0.3 is 0 Å². The second kappa shape index (κ2) is 9.63. The second-order valence-corrected chi connectivity index (χ2v) is 9.53. The van der Waals surface area contributed by atoms with Crippen molar-refractivity contribution in [3.05, 3.63) is 53.2 Å². The monoisotopic (exact) mass is 444 g/mol. The van der Waals surface area contributed by atoms with Crippen molar-refractivity contribution < 1.29 is 13.5 Å². The smallest absolute Gasteiger partial charge is 0.253 e. The van der Waals surface area contributed by atoms with Crippen LogP contribution in [0.15, 0.2) is 51.2 Å². The maximum atomic E-state index is 12.7. The standard InChI is InChI=1S/C21H24N4O3S2/c1-30(27)17-8-6-16(7-9-17)21(26)25-13-11-24(12-14-25)10-2-5-19-22-20(23-28-19)18-4-3-15-29-18/h3-4,6-9,15H,2,5,10-14H2,1H3. The number of hydrogen-bond donors (Lipinski definition) is 0. The third-order valence-corrected chi connectivity index (χ3v) is 6.97. The number of carbonyl (C=O) groups excluding carboxylic acids is 1. The molecular formula is C21H24N4O3S2. The van der Waals surface area contributed by atoms with E-state index in [-0.39, 0.29) is 5.91 Å². The van der Waals surface area contributed by atoms with E-state index in [0.717, 1.165) is 42.2 Å². The Hall–Kier alpha value is -2.36. The first kappa shape index (κ1) is 20.9. The minimum Gasteiger partial charge on any atom is -0.339 e. The number of aryl methyl sites for hydroxylation is 1. The van der Waals surface area contributed by atoms with Gasteiger partial charge in [0.1, 0.15) is 0 Å². The number of aromatic nitrogens is 2. The molecule has 0 N–H and O–H groups in total. The molecule has 3 heterocycles. The van der Waals surface area contributed by atoms with Crippen molar-refractivity contribution in [3.63, 3.8) is 0 Å². The highest BCUT2D eigenvalue weighted by Crippen LogP contribution is 2.21. The van der Waals surface area contributed by atoms with Crippen LogP contribution in [0.1, 0.15) is 22.7 Å². The van der Waals surface area contributed by atoms with Crippen molar-refractivity contribution in [2.45, 2.75) is 17.7 Å². The van der Waals surface area contributed by atoms with Crippen LogP contribution in [-0.2, 0) is 17.2 Å². The molecule has 0 spiro atoms. The van der Waals surface area contributed by atoms with Gasteiger partial charge in [0.2, 0.25) is 11.7 Å². The van der Waals surface area contributed by atoms with Gasteiger partial charge in [-0.3, -0.25) is 13.9 Å². The lowest BCUT2D eigenvalue weighted by Crippen LogP contribution is -2.48. The Balaban J connectivity index is 1.21. The summed E-state index contributed by atoms with van der Waals surface area (Å²) in [5.74, 6) is 1.36. The summed E-state index contributed by atoms with van der Waals surface area (Å²) in [4.78, 5) is 23.2. The Morgan fingerprint density at radius 2 is 1.93 bits per heavy atom. The molecule has 3 aromatic rings. The summed E-state index contributed by atoms with van der Waals surface area (Å²) in [6.07, 6.45) is 3.33. The molecule has 4 rings (SSSR count). The fourth-order valence-corrected chi connectivity index (χ4v) is 4.63. The van der Waals surface area contributed by atoms with E-state index in [2.05, 4.69) is 15.0 Å². The summed E-state index contributed by atoms with van der Waals surface area (Å²) in [6.45, 7) is 4.07. The number of rotatable bonds is 7. The second-order valence-electron chi connectivity index (χ2n) is 7.20. The molecule has 1 atom stereocenters. The topological polar surface area (TPSA) is 79.5 Å². The summed E-state index contributed by atoms with van der Waals surface area (Å²) in [5.41, 5.74) is 0.649. The van der Waals surface area contributed by atoms with Crippen LogP contribution in [0.4, 0.5) is 0 Å². The summed E-state index contributed by atoms with van der Waals surface area (Å²) >= 11 is 1.60. The lowest BCUT2D eigenvalue weighted by molar-refractivity contribution is 0.0635. The van der Waals surface area contributed by atoms with Gasteiger partial charge in [0, 0.05) is 60.1 Å². The predicted octanol–water partition coefficient (Wildman–Crippen LogP) is 2.93. The maximum absolute atomic E-state index is 12.7. The highest BCUT2D eigenvalue weighted by molar-refractivity contribution is 7.84. The molecule has 1 aliphatic rings. The van der Waals surface area contributed by atoms with Crippen molar-refractivity contribution in [2.75, 3.05) is 39.0 Å². The van der Waals surface area contributed by atoms with Gasteiger partial charge in [-0.25, -0.2) is 0 Å². The number of thiophene rings is 1. The lowest BCUT2D eigenvalue weighted by Gasteiger charge is -2.34. The molecule has 0 aliphatic carbocycles. The highest BCUT2D eigenvalue weighted by Gasteiger charge is 2.22. The molecule has 1 saturated heterocycles. The Morgan fingerprint density at radius 1 is 1.17 bits per heavy atom. The molecule has 0 bridgehead atoms. The quantitative estimate of drug-likeness (QED) is 0.558. The van der Waals surface area contributed by atoms with Crippen LogP contribution in [0.3, 0.4) is 0 Å². The van der Waals surface area contributed by atoms with Gasteiger partial charge < -0.3 is 9.42 Å². The van der Waals surface area contributed by atoms with Crippen molar-refractivity contribution in [1.82, 2.24) is 19.9 Å². The normalized spacial score (nSPS) is 16.0. The predicted molar refractivity (Wildman–Crippen MR) is 117 cm³/mol. The van der Waals surface area contributed by atoms with Crippen LogP contribution >= 0.6 is 11.3 Å². The van der Waals surface area contributed by atoms with Gasteiger partial charge in [0.05, 0.1) is 4.88 Å². The first-order chi connectivity index (χ1) is 14.6. The van der Waals surface area contributed by atoms with Crippen molar-refractivity contribution >= 4 is 28.0 Å². The minimum atomic E-state index is -1.03. The fourth-order valence-electron chi connectivity index (χ4n) is 3.46. The molecule has 158 valence electrons. The summed E-state index contributed by atoms with van der Waals surface area (Å²) in [5, 5.41) is 6.04. The number of benzene rings is 1. The van der Waals surface area contributed by atoms with Gasteiger partial charge in [-0.1, -0.05) is 11.2 Å². The van der Waals surface area contributed by atoms with Crippen LogP contribution in [0.2, 0.25) is 0 Å². The van der Waals surface area contributed by atoms with Gasteiger partial charge in [0.15, 0.2) is 0 Å². The molecule has 2 aromatic heterocycles. The Bertz CT molecular complexity index is 994. The van der Waals surface area contributed by atoms with E-state index in [1.165, 1.54) is 0 Å². The molecule has 0 saturated carbocycles. The van der Waals surface area contributed by atoms with Crippen LogP contribution in [0, 0.1) is 0 Å². The molecule has 1 unspecified atom stereocenters. The molecule has 30 heavy (non-hydrogen) atoms. The van der Waals surface area contributed by atoms with Crippen LogP contribution in [0.5, 0.6) is 0 Å². The zero-order valence-corrected chi connectivity index (χ0v) is 18.5. The van der Waals surface area contributed by atoms with Gasteiger partial charge in [-0.2, -0.15) is 4.98 Å². The van der Waals surface area contributed by atoms with E-state index in [1.54, 1.807) is 41.9 Å². The third kappa shape index (κ3) is 5.03. The molecular weight excluding hydrogens is 420 g/mol. The summed E-state index contributed by atoms with van der Waals surface area (Å²) in [6, 6.07) is 11.0. The van der Waals surface area contributed by atoms with E-state index in [1.807, 2.05) is 22.4 Å². The molecule has 9 heteroatoms. The average molecular weight is 445 g/mol. The number of nitrogens with zero attached hydrogens (tertiary/aromatic N) is 4. The first-order valence-corrected chi connectivity index (χ1v) is 12.4. The van der Waals surface area contributed by atoms with Gasteiger partial charge in [-0.05, 0) is 48.7 Å². The van der Waals surface area contributed by atoms with Crippen LogP contribution in [0.25, 0.3) is 10.7 Å². The molecule has 0 radical (unpaired) electrons. The Morgan fingerprint density at radius 3 is 2.60 bits per heavy atom. The summed E-state index contributed by atoms with van der Waals surface area (Å²) < 4.78 is 16.8. The maximum Gasteiger partial charge on any atom is 0.253 e. The molecule has 1 aromatic carbocycles. The van der Waals surface area contributed by atoms with Crippen LogP contribution in [-0.4, -0.2) is 69.0 Å². The Kier molecular flexibility index (Phi) is 6.71. The zero-order chi connectivity index (χ0) is 20.9. The molecule has 1 amide bonds. The van der Waals surface area contributed by atoms with Crippen molar-refractivity contribution in [2.24, 2.45) is 0 Å². The molecule has 1 fully saturated rings. The van der Waals surface area contributed by atoms with E-state index in [9.17, 15) is 9.00 Å². The average Bonchev–Trinajstić information content (AvgIpc) is 3.46. The molecule has 7 nitrogen and oxygen atoms in total. The molecule has 1 aliphatic heterocycles. The van der Waals surface area contributed by atoms with Crippen molar-refractivity contribution in [1.29, 1.82) is 0 Å². The first-order valence-electron chi connectivity index (χ1n) is 9.92. The third-order valence-electron chi connectivity index (χ3n) is 5.17. The number of amides is 1. The van der Waals surface area contributed by atoms with E-state index in [4.69, 9.17) is 4.52 Å².